The molecule has 3 heterocycles. The van der Waals surface area contributed by atoms with E-state index in [1.165, 1.54) is 13.2 Å². The molecule has 24 heavy (non-hydrogen) atoms. The Bertz CT molecular complexity index is 692. The molecular formula is C15H16N2O6S. The molecule has 0 unspecified atom stereocenters. The topological polar surface area (TPSA) is 89.3 Å². The highest BCUT2D eigenvalue weighted by atomic mass is 32.2. The highest BCUT2D eigenvalue weighted by molar-refractivity contribution is 8.18. The van der Waals surface area contributed by atoms with E-state index in [0.29, 0.717) is 24.9 Å². The van der Waals surface area contributed by atoms with Crippen molar-refractivity contribution in [2.75, 3.05) is 44.9 Å². The van der Waals surface area contributed by atoms with Crippen molar-refractivity contribution in [1.29, 1.82) is 0 Å². The van der Waals surface area contributed by atoms with Gasteiger partial charge in [-0.25, -0.2) is 0 Å². The summed E-state index contributed by atoms with van der Waals surface area (Å²) in [5.41, 5.74) is 0. The Morgan fingerprint density at radius 3 is 2.79 bits per heavy atom. The number of imide groups is 1. The van der Waals surface area contributed by atoms with Gasteiger partial charge in [0.15, 0.2) is 5.88 Å². The number of hydrogen-bond donors (Lipinski definition) is 0. The first-order valence-corrected chi connectivity index (χ1v) is 8.15. The Balaban J connectivity index is 1.72. The van der Waals surface area contributed by atoms with E-state index in [9.17, 15) is 14.4 Å². The SMILES string of the molecule is COC(=O)CN1C(=O)SC(=Cc2ccc(N3CCOCC3)o2)C1=O. The average molecular weight is 352 g/mol. The van der Waals surface area contributed by atoms with Crippen LogP contribution in [0.25, 0.3) is 6.08 Å². The number of ether oxygens (including phenoxy) is 2. The highest BCUT2D eigenvalue weighted by Crippen LogP contribution is 2.33. The Labute approximate surface area is 142 Å². The van der Waals surface area contributed by atoms with Crippen LogP contribution in [-0.2, 0) is 19.1 Å². The van der Waals surface area contributed by atoms with Crippen LogP contribution in [0.4, 0.5) is 10.7 Å². The Morgan fingerprint density at radius 1 is 1.33 bits per heavy atom. The summed E-state index contributed by atoms with van der Waals surface area (Å²) in [6.07, 6.45) is 1.51. The molecule has 0 radical (unpaired) electrons. The fraction of sp³-hybridized carbons (Fsp3) is 0.400. The molecular weight excluding hydrogens is 336 g/mol. The number of carbonyl (C=O) groups is 3. The molecule has 2 aliphatic rings. The molecule has 2 amide bonds. The number of anilines is 1. The summed E-state index contributed by atoms with van der Waals surface area (Å²) >= 11 is 0.771. The predicted molar refractivity (Wildman–Crippen MR) is 86.4 cm³/mol. The number of thioether (sulfide) groups is 1. The predicted octanol–water partition coefficient (Wildman–Crippen LogP) is 1.33. The lowest BCUT2D eigenvalue weighted by atomic mass is 10.3. The van der Waals surface area contributed by atoms with Gasteiger partial charge in [-0.05, 0) is 17.8 Å². The molecule has 9 heteroatoms. The van der Waals surface area contributed by atoms with Gasteiger partial charge < -0.3 is 18.8 Å². The molecule has 128 valence electrons. The second kappa shape index (κ2) is 7.10. The fourth-order valence-electron chi connectivity index (χ4n) is 2.33. The van der Waals surface area contributed by atoms with Crippen molar-refractivity contribution in [3.63, 3.8) is 0 Å². The van der Waals surface area contributed by atoms with Crippen LogP contribution in [0.15, 0.2) is 21.5 Å². The summed E-state index contributed by atoms with van der Waals surface area (Å²) < 4.78 is 15.5. The molecule has 1 aromatic rings. The lowest BCUT2D eigenvalue weighted by molar-refractivity contribution is -0.143. The van der Waals surface area contributed by atoms with E-state index >= 15 is 0 Å². The van der Waals surface area contributed by atoms with Crippen LogP contribution in [0.2, 0.25) is 0 Å². The molecule has 0 saturated carbocycles. The van der Waals surface area contributed by atoms with Gasteiger partial charge in [-0.1, -0.05) is 0 Å². The monoisotopic (exact) mass is 352 g/mol. The van der Waals surface area contributed by atoms with E-state index in [1.54, 1.807) is 6.07 Å². The number of rotatable bonds is 4. The number of furan rings is 1. The van der Waals surface area contributed by atoms with Crippen LogP contribution in [0.1, 0.15) is 5.76 Å². The first-order valence-electron chi connectivity index (χ1n) is 7.33. The fourth-order valence-corrected chi connectivity index (χ4v) is 3.15. The molecule has 2 aliphatic heterocycles. The van der Waals surface area contributed by atoms with Gasteiger partial charge in [0.05, 0.1) is 25.2 Å². The van der Waals surface area contributed by atoms with Crippen molar-refractivity contribution in [3.8, 4) is 0 Å². The standard InChI is InChI=1S/C15H16N2O6S/c1-21-13(18)9-17-14(19)11(24-15(17)20)8-10-2-3-12(23-10)16-4-6-22-7-5-16/h2-3,8H,4-7,9H2,1H3. The number of esters is 1. The number of morpholine rings is 1. The van der Waals surface area contributed by atoms with Crippen LogP contribution < -0.4 is 4.90 Å². The van der Waals surface area contributed by atoms with Gasteiger partial charge in [0.1, 0.15) is 12.3 Å². The van der Waals surface area contributed by atoms with Crippen LogP contribution >= 0.6 is 11.8 Å². The van der Waals surface area contributed by atoms with Crippen LogP contribution in [0.5, 0.6) is 0 Å². The average Bonchev–Trinajstić information content (AvgIpc) is 3.16. The van der Waals surface area contributed by atoms with Gasteiger partial charge in [0.25, 0.3) is 11.1 Å². The molecule has 0 aromatic carbocycles. The highest BCUT2D eigenvalue weighted by Gasteiger charge is 2.36. The third-order valence-electron chi connectivity index (χ3n) is 3.60. The van der Waals surface area contributed by atoms with Crippen molar-refractivity contribution in [3.05, 3.63) is 22.8 Å². The van der Waals surface area contributed by atoms with E-state index in [4.69, 9.17) is 9.15 Å². The van der Waals surface area contributed by atoms with Gasteiger partial charge in [-0.3, -0.25) is 19.3 Å². The second-order valence-corrected chi connectivity index (χ2v) is 6.11. The van der Waals surface area contributed by atoms with E-state index in [2.05, 4.69) is 4.74 Å². The van der Waals surface area contributed by atoms with Gasteiger partial charge in [0, 0.05) is 25.2 Å². The maximum Gasteiger partial charge on any atom is 0.325 e. The molecule has 2 saturated heterocycles. The van der Waals surface area contributed by atoms with Crippen molar-refractivity contribution in [2.24, 2.45) is 0 Å². The van der Waals surface area contributed by atoms with Gasteiger partial charge in [-0.15, -0.1) is 0 Å². The molecule has 2 fully saturated rings. The van der Waals surface area contributed by atoms with Crippen LogP contribution in [-0.4, -0.2) is 62.0 Å². The normalized spacial score (nSPS) is 20.1. The smallest absolute Gasteiger partial charge is 0.325 e. The largest absolute Gasteiger partial charge is 0.468 e. The minimum Gasteiger partial charge on any atom is -0.468 e. The van der Waals surface area contributed by atoms with Crippen LogP contribution in [0, 0.1) is 0 Å². The zero-order valence-electron chi connectivity index (χ0n) is 13.0. The Morgan fingerprint density at radius 2 is 2.08 bits per heavy atom. The second-order valence-electron chi connectivity index (χ2n) is 5.12. The number of carbonyl (C=O) groups excluding carboxylic acids is 3. The first kappa shape index (κ1) is 16.6. The zero-order valence-corrected chi connectivity index (χ0v) is 13.8. The molecule has 0 aliphatic carbocycles. The van der Waals surface area contributed by atoms with Gasteiger partial charge >= 0.3 is 5.97 Å². The van der Waals surface area contributed by atoms with Crippen molar-refractivity contribution in [2.45, 2.75) is 0 Å². The Kier molecular flexibility index (Phi) is 4.91. The lowest BCUT2D eigenvalue weighted by Crippen LogP contribution is -2.35. The quantitative estimate of drug-likeness (QED) is 0.592. The molecule has 0 N–H and O–H groups in total. The summed E-state index contributed by atoms with van der Waals surface area (Å²) in [6, 6.07) is 3.55. The third-order valence-corrected chi connectivity index (χ3v) is 4.50. The lowest BCUT2D eigenvalue weighted by Gasteiger charge is -2.26. The molecule has 3 rings (SSSR count). The Hall–Kier alpha value is -2.26. The maximum absolute atomic E-state index is 12.2. The molecule has 0 spiro atoms. The first-order chi connectivity index (χ1) is 11.6. The van der Waals surface area contributed by atoms with E-state index in [1.807, 2.05) is 11.0 Å². The minimum atomic E-state index is -0.647. The summed E-state index contributed by atoms with van der Waals surface area (Å²) in [5, 5.41) is -0.503. The number of nitrogens with zero attached hydrogens (tertiary/aromatic N) is 2. The number of amides is 2. The van der Waals surface area contributed by atoms with E-state index < -0.39 is 23.7 Å². The summed E-state index contributed by atoms with van der Waals surface area (Å²) in [4.78, 5) is 38.5. The summed E-state index contributed by atoms with van der Waals surface area (Å²) in [5.74, 6) is -0.00993. The van der Waals surface area contributed by atoms with Crippen molar-refractivity contribution >= 4 is 40.8 Å². The molecule has 8 nitrogen and oxygen atoms in total. The maximum atomic E-state index is 12.2. The van der Waals surface area contributed by atoms with Gasteiger partial charge in [-0.2, -0.15) is 0 Å². The third kappa shape index (κ3) is 3.46. The summed E-state index contributed by atoms with van der Waals surface area (Å²) in [7, 11) is 1.20. The van der Waals surface area contributed by atoms with E-state index in [-0.39, 0.29) is 4.91 Å². The molecule has 1 aromatic heterocycles. The summed E-state index contributed by atoms with van der Waals surface area (Å²) in [6.45, 7) is 2.37. The van der Waals surface area contributed by atoms with Crippen molar-refractivity contribution < 1.29 is 28.3 Å². The van der Waals surface area contributed by atoms with Crippen LogP contribution in [0.3, 0.4) is 0 Å². The molecule has 0 bridgehead atoms. The van der Waals surface area contributed by atoms with E-state index in [0.717, 1.165) is 29.8 Å². The number of methoxy groups -OCH3 is 1. The molecule has 0 atom stereocenters. The zero-order chi connectivity index (χ0) is 17.1. The van der Waals surface area contributed by atoms with Gasteiger partial charge in [0.2, 0.25) is 0 Å². The number of hydrogen-bond acceptors (Lipinski definition) is 8. The minimum absolute atomic E-state index is 0.215. The van der Waals surface area contributed by atoms with Crippen molar-refractivity contribution in [1.82, 2.24) is 4.90 Å².